The molecule has 0 spiro atoms. The van der Waals surface area contributed by atoms with Gasteiger partial charge in [0.05, 0.1) is 5.41 Å². The first-order chi connectivity index (χ1) is 27.8. The highest BCUT2D eigenvalue weighted by Crippen LogP contribution is 2.58. The Hall–Kier alpha value is -7.22. The second-order valence-corrected chi connectivity index (χ2v) is 14.9. The highest BCUT2D eigenvalue weighted by Gasteiger charge is 2.45. The summed E-state index contributed by atoms with van der Waals surface area (Å²) < 4.78 is 0. The van der Waals surface area contributed by atoms with E-state index in [1.54, 1.807) is 0 Å². The Kier molecular flexibility index (Phi) is 7.47. The van der Waals surface area contributed by atoms with E-state index in [0.29, 0.717) is 0 Å². The van der Waals surface area contributed by atoms with E-state index in [1.807, 2.05) is 0 Å². The minimum absolute atomic E-state index is 0.564. The van der Waals surface area contributed by atoms with E-state index in [-0.39, 0.29) is 0 Å². The number of fused-ring (bicyclic) bond motifs is 1. The highest BCUT2D eigenvalue weighted by molar-refractivity contribution is 6.18. The van der Waals surface area contributed by atoms with E-state index in [1.165, 1.54) is 76.8 Å². The summed E-state index contributed by atoms with van der Waals surface area (Å²) >= 11 is 0. The van der Waals surface area contributed by atoms with E-state index in [0.717, 1.165) is 17.1 Å². The van der Waals surface area contributed by atoms with Gasteiger partial charge in [-0.1, -0.05) is 170 Å². The molecule has 11 rings (SSSR count). The molecule has 0 radical (unpaired) electrons. The number of anilines is 3. The average molecular weight is 712 g/mol. The molecule has 262 valence electrons. The first-order valence-electron chi connectivity index (χ1n) is 19.4. The van der Waals surface area contributed by atoms with Gasteiger partial charge in [0.15, 0.2) is 0 Å². The maximum absolute atomic E-state index is 2.49. The standard InChI is InChI=1S/C55H37N/c1-5-15-38(16-6-1)40-29-31-49(32-30-40)56(48-23-11-4-12-24-48)50-35-44-28-27-43-34-45(42-26-25-39-17-13-14-18-41(39)33-42)36-51-53(43)54(44)52(37-50)55(51,46-19-7-2-8-20-46)47-21-9-3-10-22-47/h1-37H. The molecule has 0 amide bonds. The van der Waals surface area contributed by atoms with Crippen LogP contribution in [0.3, 0.4) is 0 Å². The predicted octanol–water partition coefficient (Wildman–Crippen LogP) is 14.6. The van der Waals surface area contributed by atoms with Crippen LogP contribution in [0.5, 0.6) is 0 Å². The van der Waals surface area contributed by atoms with E-state index < -0.39 is 5.41 Å². The number of hydrogen-bond donors (Lipinski definition) is 0. The lowest BCUT2D eigenvalue weighted by Gasteiger charge is -2.35. The molecule has 1 aliphatic carbocycles. The molecular formula is C55H37N. The number of benzene rings is 10. The van der Waals surface area contributed by atoms with E-state index in [9.17, 15) is 0 Å². The molecule has 0 bridgehead atoms. The van der Waals surface area contributed by atoms with Crippen LogP contribution in [-0.4, -0.2) is 0 Å². The molecule has 0 aromatic heterocycles. The van der Waals surface area contributed by atoms with Gasteiger partial charge in [0.2, 0.25) is 0 Å². The van der Waals surface area contributed by atoms with Crippen molar-refractivity contribution in [1.82, 2.24) is 0 Å². The summed E-state index contributed by atoms with van der Waals surface area (Å²) in [6, 6.07) is 82.7. The molecule has 0 unspecified atom stereocenters. The van der Waals surface area contributed by atoms with Crippen molar-refractivity contribution in [2.24, 2.45) is 0 Å². The van der Waals surface area contributed by atoms with Crippen molar-refractivity contribution >= 4 is 49.4 Å². The summed E-state index contributed by atoms with van der Waals surface area (Å²) in [4.78, 5) is 2.42. The molecule has 1 heteroatoms. The third-order valence-corrected chi connectivity index (χ3v) is 11.8. The molecular weight excluding hydrogens is 675 g/mol. The van der Waals surface area contributed by atoms with Gasteiger partial charge in [0, 0.05) is 17.1 Å². The van der Waals surface area contributed by atoms with Gasteiger partial charge in [0.1, 0.15) is 0 Å². The smallest absolute Gasteiger partial charge is 0.0714 e. The van der Waals surface area contributed by atoms with Gasteiger partial charge in [-0.3, -0.25) is 0 Å². The Bertz CT molecular complexity index is 3000. The maximum atomic E-state index is 2.49. The van der Waals surface area contributed by atoms with E-state index in [2.05, 4.69) is 229 Å². The van der Waals surface area contributed by atoms with Gasteiger partial charge in [-0.15, -0.1) is 0 Å². The minimum Gasteiger partial charge on any atom is -0.310 e. The Balaban J connectivity index is 1.20. The van der Waals surface area contributed by atoms with Crippen molar-refractivity contribution in [2.75, 3.05) is 4.90 Å². The second-order valence-electron chi connectivity index (χ2n) is 14.9. The molecule has 0 atom stereocenters. The first kappa shape index (κ1) is 32.2. The Labute approximate surface area is 327 Å². The third-order valence-electron chi connectivity index (χ3n) is 11.8. The fourth-order valence-corrected chi connectivity index (χ4v) is 9.34. The quantitative estimate of drug-likeness (QED) is 0.149. The van der Waals surface area contributed by atoms with Crippen LogP contribution >= 0.6 is 0 Å². The number of rotatable bonds is 7. The van der Waals surface area contributed by atoms with Crippen LogP contribution in [0, 0.1) is 0 Å². The normalized spacial score (nSPS) is 12.8. The summed E-state index contributed by atoms with van der Waals surface area (Å²) in [5.74, 6) is 0. The lowest BCUT2D eigenvalue weighted by molar-refractivity contribution is 0.771. The minimum atomic E-state index is -0.564. The van der Waals surface area contributed by atoms with Gasteiger partial charge in [-0.2, -0.15) is 0 Å². The number of hydrogen-bond acceptors (Lipinski definition) is 1. The Morgan fingerprint density at radius 1 is 0.268 bits per heavy atom. The van der Waals surface area contributed by atoms with Gasteiger partial charge < -0.3 is 4.90 Å². The van der Waals surface area contributed by atoms with Gasteiger partial charge >= 0.3 is 0 Å². The number of nitrogens with zero attached hydrogens (tertiary/aromatic N) is 1. The van der Waals surface area contributed by atoms with Gasteiger partial charge in [0.25, 0.3) is 0 Å². The Morgan fingerprint density at radius 2 is 0.732 bits per heavy atom. The fourth-order valence-electron chi connectivity index (χ4n) is 9.34. The summed E-state index contributed by atoms with van der Waals surface area (Å²) in [5, 5.41) is 7.66. The molecule has 0 saturated heterocycles. The topological polar surface area (TPSA) is 3.24 Å². The average Bonchev–Trinajstić information content (AvgIpc) is 3.58. The third kappa shape index (κ3) is 5.02. The number of para-hydroxylation sites is 1. The zero-order valence-corrected chi connectivity index (χ0v) is 30.8. The molecule has 0 saturated carbocycles. The molecule has 10 aromatic rings. The fraction of sp³-hybridized carbons (Fsp3) is 0.0182. The monoisotopic (exact) mass is 711 g/mol. The molecule has 0 fully saturated rings. The van der Waals surface area contributed by atoms with Crippen LogP contribution in [0.15, 0.2) is 224 Å². The molecule has 56 heavy (non-hydrogen) atoms. The van der Waals surface area contributed by atoms with Crippen LogP contribution in [0.2, 0.25) is 0 Å². The summed E-state index contributed by atoms with van der Waals surface area (Å²) in [5.41, 5.74) is 12.8. The molecule has 0 N–H and O–H groups in total. The predicted molar refractivity (Wildman–Crippen MR) is 236 cm³/mol. The highest BCUT2D eigenvalue weighted by atomic mass is 15.1. The van der Waals surface area contributed by atoms with Crippen molar-refractivity contribution in [3.8, 4) is 22.3 Å². The Morgan fingerprint density at radius 3 is 1.39 bits per heavy atom. The summed E-state index contributed by atoms with van der Waals surface area (Å²) in [6.45, 7) is 0. The van der Waals surface area contributed by atoms with Crippen LogP contribution in [0.1, 0.15) is 22.3 Å². The van der Waals surface area contributed by atoms with Crippen molar-refractivity contribution in [1.29, 1.82) is 0 Å². The maximum Gasteiger partial charge on any atom is 0.0714 e. The van der Waals surface area contributed by atoms with Crippen LogP contribution in [0.4, 0.5) is 17.1 Å². The zero-order chi connectivity index (χ0) is 37.1. The lowest BCUT2D eigenvalue weighted by Crippen LogP contribution is -2.29. The molecule has 10 aromatic carbocycles. The van der Waals surface area contributed by atoms with Crippen molar-refractivity contribution < 1.29 is 0 Å². The van der Waals surface area contributed by atoms with Crippen molar-refractivity contribution in [3.63, 3.8) is 0 Å². The van der Waals surface area contributed by atoms with Crippen LogP contribution < -0.4 is 4.90 Å². The van der Waals surface area contributed by atoms with Crippen molar-refractivity contribution in [2.45, 2.75) is 5.41 Å². The SMILES string of the molecule is c1ccc(-c2ccc(N(c3ccccc3)c3cc4c5c(ccc6cc(-c7ccc8ccccc8c7)cc(c65)C4(c4ccccc4)c4ccccc4)c3)cc2)cc1. The van der Waals surface area contributed by atoms with Gasteiger partial charge in [-0.25, -0.2) is 0 Å². The summed E-state index contributed by atoms with van der Waals surface area (Å²) in [7, 11) is 0. The first-order valence-corrected chi connectivity index (χ1v) is 19.4. The molecule has 1 nitrogen and oxygen atoms in total. The largest absolute Gasteiger partial charge is 0.310 e. The molecule has 0 heterocycles. The summed E-state index contributed by atoms with van der Waals surface area (Å²) in [6.07, 6.45) is 0. The molecule has 1 aliphatic rings. The second kappa shape index (κ2) is 13.0. The molecule has 0 aliphatic heterocycles. The van der Waals surface area contributed by atoms with E-state index in [4.69, 9.17) is 0 Å². The van der Waals surface area contributed by atoms with Crippen molar-refractivity contribution in [3.05, 3.63) is 247 Å². The lowest BCUT2D eigenvalue weighted by atomic mass is 9.67. The van der Waals surface area contributed by atoms with Crippen LogP contribution in [0.25, 0.3) is 54.6 Å². The zero-order valence-electron chi connectivity index (χ0n) is 30.8. The van der Waals surface area contributed by atoms with Crippen LogP contribution in [-0.2, 0) is 5.41 Å². The van der Waals surface area contributed by atoms with Gasteiger partial charge in [-0.05, 0) is 131 Å². The van der Waals surface area contributed by atoms with E-state index >= 15 is 0 Å².